The number of aliphatic carboxylic acids is 1. The third-order valence-electron chi connectivity index (χ3n) is 4.04. The fourth-order valence-electron chi connectivity index (χ4n) is 2.74. The van der Waals surface area contributed by atoms with Crippen LogP contribution in [-0.2, 0) is 20.7 Å². The minimum atomic E-state index is -1.09. The first kappa shape index (κ1) is 17.4. The van der Waals surface area contributed by atoms with Gasteiger partial charge < -0.3 is 15.2 Å². The van der Waals surface area contributed by atoms with Gasteiger partial charge in [-0.05, 0) is 49.3 Å². The van der Waals surface area contributed by atoms with E-state index in [1.54, 1.807) is 0 Å². The molecule has 0 bridgehead atoms. The van der Waals surface area contributed by atoms with Crippen LogP contribution in [0.2, 0.25) is 0 Å². The molecule has 1 amide bonds. The Balaban J connectivity index is 1.76. The summed E-state index contributed by atoms with van der Waals surface area (Å²) >= 11 is 0. The van der Waals surface area contributed by atoms with Crippen molar-refractivity contribution < 1.29 is 23.8 Å². The second-order valence-corrected chi connectivity index (χ2v) is 5.87. The van der Waals surface area contributed by atoms with Crippen LogP contribution < -0.4 is 5.32 Å². The lowest BCUT2D eigenvalue weighted by atomic mass is 9.94. The Morgan fingerprint density at radius 3 is 2.70 bits per heavy atom. The zero-order valence-corrected chi connectivity index (χ0v) is 13.0. The molecule has 2 N–H and O–H groups in total. The maximum Gasteiger partial charge on any atom is 0.307 e. The Morgan fingerprint density at radius 1 is 1.30 bits per heavy atom. The van der Waals surface area contributed by atoms with Crippen LogP contribution in [-0.4, -0.2) is 30.2 Å². The number of carbonyl (C=O) groups excluding carboxylic acids is 1. The highest BCUT2D eigenvalue weighted by Crippen LogP contribution is 2.21. The topological polar surface area (TPSA) is 75.6 Å². The molecular formula is C17H22FNO4. The van der Waals surface area contributed by atoms with E-state index in [1.165, 1.54) is 12.1 Å². The molecule has 2 rings (SSSR count). The normalized spacial score (nSPS) is 15.3. The van der Waals surface area contributed by atoms with Gasteiger partial charge in [0, 0.05) is 25.3 Å². The number of ether oxygens (including phenoxy) is 1. The van der Waals surface area contributed by atoms with E-state index in [4.69, 9.17) is 9.84 Å². The van der Waals surface area contributed by atoms with Crippen LogP contribution in [0.4, 0.5) is 10.1 Å². The van der Waals surface area contributed by atoms with Gasteiger partial charge in [-0.3, -0.25) is 9.59 Å². The van der Waals surface area contributed by atoms with Crippen molar-refractivity contribution in [2.75, 3.05) is 18.5 Å². The second kappa shape index (κ2) is 8.62. The summed E-state index contributed by atoms with van der Waals surface area (Å²) in [4.78, 5) is 22.5. The number of carboxylic acid groups (broad SMARTS) is 1. The molecule has 1 aromatic rings. The minimum Gasteiger partial charge on any atom is -0.481 e. The molecule has 1 aliphatic heterocycles. The number of carbonyl (C=O) groups is 2. The zero-order chi connectivity index (χ0) is 16.7. The maximum atomic E-state index is 13.7. The van der Waals surface area contributed by atoms with E-state index in [0.717, 1.165) is 45.0 Å². The number of hydrogen-bond donors (Lipinski definition) is 2. The molecule has 126 valence electrons. The van der Waals surface area contributed by atoms with Gasteiger partial charge in [-0.2, -0.15) is 0 Å². The van der Waals surface area contributed by atoms with Crippen molar-refractivity contribution in [1.82, 2.24) is 0 Å². The van der Waals surface area contributed by atoms with Crippen molar-refractivity contribution in [2.45, 2.75) is 38.5 Å². The summed E-state index contributed by atoms with van der Waals surface area (Å²) in [5.41, 5.74) is 0.461. The first-order chi connectivity index (χ1) is 11.0. The average Bonchev–Trinajstić information content (AvgIpc) is 2.51. The molecule has 0 radical (unpaired) electrons. The molecule has 1 aromatic carbocycles. The predicted molar refractivity (Wildman–Crippen MR) is 83.8 cm³/mol. The molecule has 0 unspecified atom stereocenters. The summed E-state index contributed by atoms with van der Waals surface area (Å²) in [6.07, 6.45) is 3.94. The number of benzene rings is 1. The summed E-state index contributed by atoms with van der Waals surface area (Å²) in [5, 5.41) is 11.3. The van der Waals surface area contributed by atoms with E-state index in [0.29, 0.717) is 18.0 Å². The first-order valence-electron chi connectivity index (χ1n) is 7.92. The molecule has 0 atom stereocenters. The Bertz CT molecular complexity index is 556. The van der Waals surface area contributed by atoms with E-state index in [-0.39, 0.29) is 17.9 Å². The van der Waals surface area contributed by atoms with Crippen molar-refractivity contribution in [1.29, 1.82) is 0 Å². The van der Waals surface area contributed by atoms with Gasteiger partial charge in [-0.15, -0.1) is 0 Å². The van der Waals surface area contributed by atoms with Gasteiger partial charge in [-0.1, -0.05) is 6.07 Å². The highest BCUT2D eigenvalue weighted by Gasteiger charge is 2.14. The van der Waals surface area contributed by atoms with Crippen LogP contribution in [0.5, 0.6) is 0 Å². The highest BCUT2D eigenvalue weighted by atomic mass is 19.1. The van der Waals surface area contributed by atoms with Gasteiger partial charge in [0.15, 0.2) is 0 Å². The van der Waals surface area contributed by atoms with Crippen molar-refractivity contribution in [2.24, 2.45) is 5.92 Å². The summed E-state index contributed by atoms with van der Waals surface area (Å²) in [7, 11) is 0. The van der Waals surface area contributed by atoms with Gasteiger partial charge in [0.1, 0.15) is 5.82 Å². The van der Waals surface area contributed by atoms with E-state index in [9.17, 15) is 14.0 Å². The number of anilines is 1. The van der Waals surface area contributed by atoms with E-state index in [1.807, 2.05) is 0 Å². The summed E-state index contributed by atoms with van der Waals surface area (Å²) in [5.74, 6) is -1.23. The largest absolute Gasteiger partial charge is 0.481 e. The first-order valence-corrected chi connectivity index (χ1v) is 7.92. The summed E-state index contributed by atoms with van der Waals surface area (Å²) in [6, 6.07) is 4.08. The zero-order valence-electron chi connectivity index (χ0n) is 13.0. The number of nitrogens with one attached hydrogen (secondary N) is 1. The van der Waals surface area contributed by atoms with Crippen molar-refractivity contribution >= 4 is 17.6 Å². The molecule has 6 heteroatoms. The van der Waals surface area contributed by atoms with Gasteiger partial charge in [0.2, 0.25) is 5.91 Å². The average molecular weight is 323 g/mol. The van der Waals surface area contributed by atoms with E-state index >= 15 is 0 Å². The molecule has 0 spiro atoms. The fraction of sp³-hybridized carbons (Fsp3) is 0.529. The van der Waals surface area contributed by atoms with Gasteiger partial charge in [-0.25, -0.2) is 4.39 Å². The van der Waals surface area contributed by atoms with Gasteiger partial charge in [0.05, 0.1) is 6.42 Å². The maximum absolute atomic E-state index is 13.7. The second-order valence-electron chi connectivity index (χ2n) is 5.87. The lowest BCUT2D eigenvalue weighted by molar-refractivity contribution is -0.136. The molecule has 5 nitrogen and oxygen atoms in total. The Labute approximate surface area is 134 Å². The molecule has 0 saturated carbocycles. The molecule has 1 heterocycles. The molecular weight excluding hydrogens is 301 g/mol. The van der Waals surface area contributed by atoms with Crippen LogP contribution in [0.1, 0.15) is 37.7 Å². The van der Waals surface area contributed by atoms with Crippen LogP contribution in [0.15, 0.2) is 18.2 Å². The van der Waals surface area contributed by atoms with Crippen LogP contribution >= 0.6 is 0 Å². The molecule has 1 saturated heterocycles. The molecule has 0 aromatic heterocycles. The number of halogens is 1. The molecule has 0 aliphatic carbocycles. The van der Waals surface area contributed by atoms with Crippen LogP contribution in [0.25, 0.3) is 0 Å². The number of amides is 1. The minimum absolute atomic E-state index is 0.106. The van der Waals surface area contributed by atoms with Crippen LogP contribution in [0.3, 0.4) is 0 Å². The van der Waals surface area contributed by atoms with Crippen LogP contribution in [0, 0.1) is 11.7 Å². The lowest BCUT2D eigenvalue weighted by Crippen LogP contribution is -2.17. The molecule has 1 fully saturated rings. The van der Waals surface area contributed by atoms with E-state index in [2.05, 4.69) is 5.32 Å². The smallest absolute Gasteiger partial charge is 0.307 e. The van der Waals surface area contributed by atoms with Crippen molar-refractivity contribution in [3.05, 3.63) is 29.6 Å². The van der Waals surface area contributed by atoms with Gasteiger partial charge in [0.25, 0.3) is 0 Å². The Hall–Kier alpha value is -1.95. The molecule has 23 heavy (non-hydrogen) atoms. The number of carboxylic acids is 1. The fourth-order valence-corrected chi connectivity index (χ4v) is 2.74. The van der Waals surface area contributed by atoms with E-state index < -0.39 is 11.8 Å². The summed E-state index contributed by atoms with van der Waals surface area (Å²) in [6.45, 7) is 1.61. The monoisotopic (exact) mass is 323 g/mol. The SMILES string of the molecule is O=C(O)Cc1ccc(NC(=O)CCCC2CCOCC2)cc1F. The Morgan fingerprint density at radius 2 is 2.04 bits per heavy atom. The third kappa shape index (κ3) is 5.98. The quantitative estimate of drug-likeness (QED) is 0.809. The van der Waals surface area contributed by atoms with Crippen molar-refractivity contribution in [3.63, 3.8) is 0 Å². The lowest BCUT2D eigenvalue weighted by Gasteiger charge is -2.21. The van der Waals surface area contributed by atoms with Crippen molar-refractivity contribution in [3.8, 4) is 0 Å². The highest BCUT2D eigenvalue weighted by molar-refractivity contribution is 5.90. The number of hydrogen-bond acceptors (Lipinski definition) is 3. The summed E-state index contributed by atoms with van der Waals surface area (Å²) < 4.78 is 19.0. The third-order valence-corrected chi connectivity index (χ3v) is 4.04. The Kier molecular flexibility index (Phi) is 6.52. The molecule has 1 aliphatic rings. The standard InChI is InChI=1S/C17H22FNO4/c18-15-11-14(5-4-13(15)10-17(21)22)19-16(20)3-1-2-12-6-8-23-9-7-12/h4-5,11-12H,1-3,6-10H2,(H,19,20)(H,21,22). The predicted octanol–water partition coefficient (Wildman–Crippen LogP) is 2.99. The number of rotatable bonds is 7. The van der Waals surface area contributed by atoms with Gasteiger partial charge >= 0.3 is 5.97 Å².